The minimum absolute atomic E-state index is 0.141. The summed E-state index contributed by atoms with van der Waals surface area (Å²) in [5, 5.41) is 11.2. The van der Waals surface area contributed by atoms with E-state index < -0.39 is 5.79 Å². The first kappa shape index (κ1) is 18.8. The summed E-state index contributed by atoms with van der Waals surface area (Å²) in [5.74, 6) is -0.307. The Kier molecular flexibility index (Phi) is 5.50. The van der Waals surface area contributed by atoms with Crippen LogP contribution >= 0.6 is 0 Å². The normalized spacial score (nSPS) is 18.4. The molecule has 2 fully saturated rings. The minimum Gasteiger partial charge on any atom is -0.368 e. The van der Waals surface area contributed by atoms with Gasteiger partial charge in [0.2, 0.25) is 0 Å². The van der Waals surface area contributed by atoms with E-state index in [0.29, 0.717) is 69.2 Å². The zero-order chi connectivity index (χ0) is 19.4. The first-order chi connectivity index (χ1) is 13.7. The summed E-state index contributed by atoms with van der Waals surface area (Å²) in [6.07, 6.45) is 1.87. The van der Waals surface area contributed by atoms with Crippen LogP contribution in [-0.4, -0.2) is 59.6 Å². The highest BCUT2D eigenvalue weighted by atomic mass is 19.1. The molecule has 0 bridgehead atoms. The fourth-order valence-electron chi connectivity index (χ4n) is 3.57. The standard InChI is InChI=1S/C20H23FN4O3/c21-16-4-2-1-3-15(16)7-10-22-18-6-5-17(23-24-18)19(26)25-11-8-20(9-12-25)27-13-14-28-20/h1-6H,7-14H2,(H,22,24). The number of ether oxygens (including phenoxy) is 2. The number of hydrogen-bond acceptors (Lipinski definition) is 6. The highest BCUT2D eigenvalue weighted by Crippen LogP contribution is 2.31. The zero-order valence-corrected chi connectivity index (χ0v) is 15.6. The fraction of sp³-hybridized carbons (Fsp3) is 0.450. The van der Waals surface area contributed by atoms with Crippen LogP contribution in [0, 0.1) is 5.82 Å². The highest BCUT2D eigenvalue weighted by molar-refractivity contribution is 5.92. The van der Waals surface area contributed by atoms with Gasteiger partial charge in [-0.2, -0.15) is 0 Å². The lowest BCUT2D eigenvalue weighted by Gasteiger charge is -2.37. The summed E-state index contributed by atoms with van der Waals surface area (Å²) >= 11 is 0. The molecule has 2 aromatic rings. The van der Waals surface area contributed by atoms with Gasteiger partial charge in [0.05, 0.1) is 13.2 Å². The molecule has 4 rings (SSSR count). The lowest BCUT2D eigenvalue weighted by Crippen LogP contribution is -2.47. The number of nitrogens with zero attached hydrogens (tertiary/aromatic N) is 3. The molecular weight excluding hydrogens is 363 g/mol. The number of hydrogen-bond donors (Lipinski definition) is 1. The summed E-state index contributed by atoms with van der Waals surface area (Å²) in [5.41, 5.74) is 0.955. The molecule has 1 amide bonds. The zero-order valence-electron chi connectivity index (χ0n) is 15.6. The number of amides is 1. The van der Waals surface area contributed by atoms with Crippen LogP contribution in [0.3, 0.4) is 0 Å². The number of nitrogens with one attached hydrogen (secondary N) is 1. The maximum atomic E-state index is 13.6. The molecule has 2 aliphatic rings. The van der Waals surface area contributed by atoms with E-state index >= 15 is 0 Å². The Bertz CT molecular complexity index is 814. The van der Waals surface area contributed by atoms with Crippen molar-refractivity contribution in [2.24, 2.45) is 0 Å². The molecule has 2 saturated heterocycles. The number of halogens is 1. The molecule has 0 unspecified atom stereocenters. The second-order valence-electron chi connectivity index (χ2n) is 6.97. The van der Waals surface area contributed by atoms with Crippen molar-refractivity contribution in [1.82, 2.24) is 15.1 Å². The molecule has 1 aromatic carbocycles. The van der Waals surface area contributed by atoms with Crippen molar-refractivity contribution in [1.29, 1.82) is 0 Å². The molecule has 0 atom stereocenters. The lowest BCUT2D eigenvalue weighted by atomic mass is 10.0. The molecule has 0 radical (unpaired) electrons. The van der Waals surface area contributed by atoms with Gasteiger partial charge in [0.25, 0.3) is 5.91 Å². The van der Waals surface area contributed by atoms with Gasteiger partial charge in [0.15, 0.2) is 11.5 Å². The highest BCUT2D eigenvalue weighted by Gasteiger charge is 2.41. The molecule has 0 saturated carbocycles. The average molecular weight is 386 g/mol. The smallest absolute Gasteiger partial charge is 0.274 e. The molecule has 2 aliphatic heterocycles. The number of carbonyl (C=O) groups excluding carboxylic acids is 1. The Morgan fingerprint density at radius 2 is 1.86 bits per heavy atom. The van der Waals surface area contributed by atoms with Gasteiger partial charge in [0, 0.05) is 32.5 Å². The van der Waals surface area contributed by atoms with E-state index in [1.54, 1.807) is 29.2 Å². The summed E-state index contributed by atoms with van der Waals surface area (Å²) in [6.45, 7) is 2.90. The maximum Gasteiger partial charge on any atom is 0.274 e. The molecule has 1 aromatic heterocycles. The van der Waals surface area contributed by atoms with Gasteiger partial charge in [-0.05, 0) is 30.2 Å². The van der Waals surface area contributed by atoms with Crippen LogP contribution in [0.4, 0.5) is 10.2 Å². The molecule has 1 spiro atoms. The molecule has 1 N–H and O–H groups in total. The molecule has 148 valence electrons. The second-order valence-corrected chi connectivity index (χ2v) is 6.97. The predicted molar refractivity (Wildman–Crippen MR) is 100 cm³/mol. The van der Waals surface area contributed by atoms with E-state index in [2.05, 4.69) is 15.5 Å². The van der Waals surface area contributed by atoms with Gasteiger partial charge in [-0.25, -0.2) is 4.39 Å². The van der Waals surface area contributed by atoms with Gasteiger partial charge in [0.1, 0.15) is 11.6 Å². The fourth-order valence-corrected chi connectivity index (χ4v) is 3.57. The summed E-state index contributed by atoms with van der Waals surface area (Å²) in [4.78, 5) is 14.4. The quantitative estimate of drug-likeness (QED) is 0.849. The van der Waals surface area contributed by atoms with Crippen LogP contribution in [0.15, 0.2) is 36.4 Å². The van der Waals surface area contributed by atoms with E-state index in [-0.39, 0.29) is 11.7 Å². The Hall–Kier alpha value is -2.58. The van der Waals surface area contributed by atoms with E-state index in [9.17, 15) is 9.18 Å². The van der Waals surface area contributed by atoms with Gasteiger partial charge >= 0.3 is 0 Å². The van der Waals surface area contributed by atoms with Gasteiger partial charge < -0.3 is 19.7 Å². The Morgan fingerprint density at radius 3 is 2.54 bits per heavy atom. The van der Waals surface area contributed by atoms with E-state index in [0.717, 1.165) is 0 Å². The van der Waals surface area contributed by atoms with Crippen molar-refractivity contribution in [3.05, 3.63) is 53.5 Å². The van der Waals surface area contributed by atoms with Crippen molar-refractivity contribution < 1.29 is 18.7 Å². The number of piperidine rings is 1. The Balaban J connectivity index is 1.28. The van der Waals surface area contributed by atoms with Crippen LogP contribution in [0.1, 0.15) is 28.9 Å². The van der Waals surface area contributed by atoms with Crippen molar-refractivity contribution in [3.63, 3.8) is 0 Å². The number of aromatic nitrogens is 2. The molecule has 28 heavy (non-hydrogen) atoms. The van der Waals surface area contributed by atoms with E-state index in [4.69, 9.17) is 9.47 Å². The predicted octanol–water partition coefficient (Wildman–Crippen LogP) is 2.25. The number of rotatable bonds is 5. The third-order valence-corrected chi connectivity index (χ3v) is 5.17. The van der Waals surface area contributed by atoms with E-state index in [1.807, 2.05) is 6.07 Å². The third-order valence-electron chi connectivity index (χ3n) is 5.17. The molecule has 3 heterocycles. The first-order valence-electron chi connectivity index (χ1n) is 9.53. The number of carbonyl (C=O) groups is 1. The summed E-state index contributed by atoms with van der Waals surface area (Å²) in [6, 6.07) is 10.1. The number of likely N-dealkylation sites (tertiary alicyclic amines) is 1. The third kappa shape index (κ3) is 4.13. The Labute approximate surface area is 162 Å². The summed E-state index contributed by atoms with van der Waals surface area (Å²) < 4.78 is 25.0. The Morgan fingerprint density at radius 1 is 1.11 bits per heavy atom. The lowest BCUT2D eigenvalue weighted by molar-refractivity contribution is -0.181. The maximum absolute atomic E-state index is 13.6. The van der Waals surface area contributed by atoms with Gasteiger partial charge in [-0.1, -0.05) is 18.2 Å². The number of anilines is 1. The number of benzene rings is 1. The SMILES string of the molecule is O=C(c1ccc(NCCc2ccccc2F)nn1)N1CCC2(CC1)OCCO2. The molecule has 8 heteroatoms. The van der Waals surface area contributed by atoms with Crippen molar-refractivity contribution in [2.45, 2.75) is 25.0 Å². The van der Waals surface area contributed by atoms with E-state index in [1.165, 1.54) is 6.07 Å². The van der Waals surface area contributed by atoms with Crippen LogP contribution in [0.5, 0.6) is 0 Å². The summed E-state index contributed by atoms with van der Waals surface area (Å²) in [7, 11) is 0. The van der Waals surface area contributed by atoms with Crippen LogP contribution in [0.2, 0.25) is 0 Å². The minimum atomic E-state index is -0.505. The van der Waals surface area contributed by atoms with Crippen LogP contribution in [0.25, 0.3) is 0 Å². The van der Waals surface area contributed by atoms with Gasteiger partial charge in [-0.3, -0.25) is 4.79 Å². The second kappa shape index (κ2) is 8.20. The monoisotopic (exact) mass is 386 g/mol. The van der Waals surface area contributed by atoms with Crippen molar-refractivity contribution in [2.75, 3.05) is 38.2 Å². The van der Waals surface area contributed by atoms with Gasteiger partial charge in [-0.15, -0.1) is 10.2 Å². The first-order valence-corrected chi connectivity index (χ1v) is 9.53. The molecule has 7 nitrogen and oxygen atoms in total. The molecule has 0 aliphatic carbocycles. The van der Waals surface area contributed by atoms with Crippen LogP contribution in [-0.2, 0) is 15.9 Å². The average Bonchev–Trinajstić information content (AvgIpc) is 3.18. The van der Waals surface area contributed by atoms with Crippen LogP contribution < -0.4 is 5.32 Å². The van der Waals surface area contributed by atoms with Crippen molar-refractivity contribution >= 4 is 11.7 Å². The largest absolute Gasteiger partial charge is 0.368 e. The van der Waals surface area contributed by atoms with Crippen molar-refractivity contribution in [3.8, 4) is 0 Å². The topological polar surface area (TPSA) is 76.6 Å². The molecular formula is C20H23FN4O3.